The number of hydrogen-bond acceptors (Lipinski definition) is 3. The van der Waals surface area contributed by atoms with E-state index in [-0.39, 0.29) is 0 Å². The number of hydrogen-bond donors (Lipinski definition) is 1. The zero-order chi connectivity index (χ0) is 12.9. The van der Waals surface area contributed by atoms with E-state index in [9.17, 15) is 0 Å². The van der Waals surface area contributed by atoms with E-state index < -0.39 is 0 Å². The van der Waals surface area contributed by atoms with Gasteiger partial charge in [0.15, 0.2) is 0 Å². The van der Waals surface area contributed by atoms with Gasteiger partial charge in [0.25, 0.3) is 0 Å². The topological polar surface area (TPSA) is 15.3 Å². The van der Waals surface area contributed by atoms with Gasteiger partial charge in [-0.05, 0) is 54.9 Å². The van der Waals surface area contributed by atoms with Crippen LogP contribution < -0.4 is 5.32 Å². The minimum absolute atomic E-state index is 0.331. The normalized spacial score (nSPS) is 14.2. The standard InChI is InChI=1S/C14H26N2S/c1-14(2,3)13(15-4)6-8-16(5)10-12-7-9-17-11-12/h7,9,11,13,15H,6,8,10H2,1-5H3. The van der Waals surface area contributed by atoms with E-state index in [2.05, 4.69) is 61.9 Å². The molecule has 0 saturated heterocycles. The summed E-state index contributed by atoms with van der Waals surface area (Å²) >= 11 is 1.78. The van der Waals surface area contributed by atoms with Crippen molar-refractivity contribution in [1.29, 1.82) is 0 Å². The summed E-state index contributed by atoms with van der Waals surface area (Å²) in [5.74, 6) is 0. The lowest BCUT2D eigenvalue weighted by Crippen LogP contribution is -2.40. The monoisotopic (exact) mass is 254 g/mol. The summed E-state index contributed by atoms with van der Waals surface area (Å²) in [5.41, 5.74) is 1.76. The van der Waals surface area contributed by atoms with Gasteiger partial charge in [0.1, 0.15) is 0 Å². The highest BCUT2D eigenvalue weighted by Gasteiger charge is 2.22. The highest BCUT2D eigenvalue weighted by atomic mass is 32.1. The zero-order valence-corrected chi connectivity index (χ0v) is 12.6. The molecule has 0 radical (unpaired) electrons. The van der Waals surface area contributed by atoms with Crippen LogP contribution in [0.4, 0.5) is 0 Å². The second-order valence-corrected chi connectivity index (χ2v) is 6.65. The van der Waals surface area contributed by atoms with E-state index in [4.69, 9.17) is 0 Å². The molecule has 0 bridgehead atoms. The van der Waals surface area contributed by atoms with Crippen molar-refractivity contribution in [2.75, 3.05) is 20.6 Å². The fourth-order valence-corrected chi connectivity index (χ4v) is 2.79. The van der Waals surface area contributed by atoms with E-state index >= 15 is 0 Å². The molecule has 0 saturated carbocycles. The Labute approximate surface area is 110 Å². The maximum Gasteiger partial charge on any atom is 0.0238 e. The molecule has 3 heteroatoms. The van der Waals surface area contributed by atoms with Crippen LogP contribution in [0.3, 0.4) is 0 Å². The highest BCUT2D eigenvalue weighted by Crippen LogP contribution is 2.21. The van der Waals surface area contributed by atoms with E-state index in [1.807, 2.05) is 0 Å². The Bertz CT molecular complexity index is 301. The van der Waals surface area contributed by atoms with Crippen LogP contribution in [0, 0.1) is 5.41 Å². The third kappa shape index (κ3) is 5.19. The second kappa shape index (κ2) is 6.53. The highest BCUT2D eigenvalue weighted by molar-refractivity contribution is 7.07. The van der Waals surface area contributed by atoms with E-state index in [1.165, 1.54) is 12.0 Å². The van der Waals surface area contributed by atoms with Crippen molar-refractivity contribution in [3.05, 3.63) is 22.4 Å². The molecule has 0 fully saturated rings. The predicted molar refractivity (Wildman–Crippen MR) is 77.6 cm³/mol. The van der Waals surface area contributed by atoms with Crippen LogP contribution in [-0.2, 0) is 6.54 Å². The third-order valence-corrected chi connectivity index (χ3v) is 3.96. The maximum absolute atomic E-state index is 3.43. The molecule has 17 heavy (non-hydrogen) atoms. The average Bonchev–Trinajstić information content (AvgIpc) is 2.69. The second-order valence-electron chi connectivity index (χ2n) is 5.87. The summed E-state index contributed by atoms with van der Waals surface area (Å²) in [7, 11) is 4.27. The lowest BCUT2D eigenvalue weighted by Gasteiger charge is -2.31. The molecule has 98 valence electrons. The fourth-order valence-electron chi connectivity index (χ4n) is 2.13. The largest absolute Gasteiger partial charge is 0.316 e. The Morgan fingerprint density at radius 2 is 2.12 bits per heavy atom. The van der Waals surface area contributed by atoms with Crippen molar-refractivity contribution in [2.45, 2.75) is 39.8 Å². The van der Waals surface area contributed by atoms with Crippen LogP contribution in [0.2, 0.25) is 0 Å². The lowest BCUT2D eigenvalue weighted by molar-refractivity contribution is 0.227. The molecule has 1 aromatic rings. The van der Waals surface area contributed by atoms with Gasteiger partial charge in [0.05, 0.1) is 0 Å². The van der Waals surface area contributed by atoms with E-state index in [1.54, 1.807) is 11.3 Å². The first-order chi connectivity index (χ1) is 7.93. The molecule has 0 aliphatic heterocycles. The van der Waals surface area contributed by atoms with Crippen LogP contribution in [0.1, 0.15) is 32.8 Å². The van der Waals surface area contributed by atoms with Gasteiger partial charge in [-0.3, -0.25) is 0 Å². The minimum atomic E-state index is 0.331. The SMILES string of the molecule is CNC(CCN(C)Cc1ccsc1)C(C)(C)C. The Morgan fingerprint density at radius 3 is 2.59 bits per heavy atom. The molecule has 1 unspecified atom stereocenters. The first-order valence-electron chi connectivity index (χ1n) is 6.30. The Kier molecular flexibility index (Phi) is 5.63. The van der Waals surface area contributed by atoms with Crippen LogP contribution in [0.25, 0.3) is 0 Å². The van der Waals surface area contributed by atoms with Gasteiger partial charge in [-0.25, -0.2) is 0 Å². The molecule has 1 aromatic heterocycles. The van der Waals surface area contributed by atoms with Crippen LogP contribution in [0.15, 0.2) is 16.8 Å². The molecule has 0 aromatic carbocycles. The summed E-state index contributed by atoms with van der Waals surface area (Å²) in [6, 6.07) is 2.79. The van der Waals surface area contributed by atoms with Crippen molar-refractivity contribution < 1.29 is 0 Å². The summed E-state index contributed by atoms with van der Waals surface area (Å²) < 4.78 is 0. The Hall–Kier alpha value is -0.380. The molecular formula is C14H26N2S. The fraction of sp³-hybridized carbons (Fsp3) is 0.714. The van der Waals surface area contributed by atoms with Gasteiger partial charge < -0.3 is 10.2 Å². The van der Waals surface area contributed by atoms with E-state index in [0.717, 1.165) is 13.1 Å². The molecule has 1 atom stereocenters. The molecule has 1 N–H and O–H groups in total. The van der Waals surface area contributed by atoms with Gasteiger partial charge in [-0.15, -0.1) is 0 Å². The molecule has 2 nitrogen and oxygen atoms in total. The smallest absolute Gasteiger partial charge is 0.0238 e. The number of nitrogens with one attached hydrogen (secondary N) is 1. The molecule has 0 spiro atoms. The van der Waals surface area contributed by atoms with Crippen LogP contribution >= 0.6 is 11.3 Å². The van der Waals surface area contributed by atoms with Crippen molar-refractivity contribution >= 4 is 11.3 Å². The van der Waals surface area contributed by atoms with Gasteiger partial charge in [0, 0.05) is 12.6 Å². The molecule has 1 heterocycles. The maximum atomic E-state index is 3.43. The van der Waals surface area contributed by atoms with Gasteiger partial charge in [-0.2, -0.15) is 11.3 Å². The summed E-state index contributed by atoms with van der Waals surface area (Å²) in [6.45, 7) is 9.09. The third-order valence-electron chi connectivity index (χ3n) is 3.23. The number of thiophene rings is 1. The van der Waals surface area contributed by atoms with Crippen molar-refractivity contribution in [2.24, 2.45) is 5.41 Å². The van der Waals surface area contributed by atoms with Crippen molar-refractivity contribution in [3.63, 3.8) is 0 Å². The summed E-state index contributed by atoms with van der Waals surface area (Å²) in [4.78, 5) is 2.40. The van der Waals surface area contributed by atoms with Crippen molar-refractivity contribution in [3.8, 4) is 0 Å². The Balaban J connectivity index is 2.34. The molecule has 1 rings (SSSR count). The summed E-state index contributed by atoms with van der Waals surface area (Å²) in [6.07, 6.45) is 1.20. The van der Waals surface area contributed by atoms with Crippen LogP contribution in [0.5, 0.6) is 0 Å². The van der Waals surface area contributed by atoms with Crippen molar-refractivity contribution in [1.82, 2.24) is 10.2 Å². The van der Waals surface area contributed by atoms with Gasteiger partial charge in [0.2, 0.25) is 0 Å². The van der Waals surface area contributed by atoms with E-state index in [0.29, 0.717) is 11.5 Å². The average molecular weight is 254 g/mol. The number of rotatable bonds is 6. The van der Waals surface area contributed by atoms with Gasteiger partial charge >= 0.3 is 0 Å². The molecule has 0 amide bonds. The van der Waals surface area contributed by atoms with Crippen LogP contribution in [-0.4, -0.2) is 31.6 Å². The first kappa shape index (κ1) is 14.7. The Morgan fingerprint density at radius 1 is 1.41 bits per heavy atom. The quantitative estimate of drug-likeness (QED) is 0.838. The number of nitrogens with zero attached hydrogens (tertiary/aromatic N) is 1. The van der Waals surface area contributed by atoms with Gasteiger partial charge in [-0.1, -0.05) is 20.8 Å². The minimum Gasteiger partial charge on any atom is -0.316 e. The lowest BCUT2D eigenvalue weighted by atomic mass is 9.85. The summed E-state index contributed by atoms with van der Waals surface area (Å²) in [5, 5.41) is 7.81. The first-order valence-corrected chi connectivity index (χ1v) is 7.24. The molecule has 0 aliphatic carbocycles. The zero-order valence-electron chi connectivity index (χ0n) is 11.8. The predicted octanol–water partition coefficient (Wildman–Crippen LogP) is 3.20. The molecular weight excluding hydrogens is 228 g/mol. The molecule has 0 aliphatic rings.